The summed E-state index contributed by atoms with van der Waals surface area (Å²) in [4.78, 5) is 15.5. The fourth-order valence-electron chi connectivity index (χ4n) is 2.40. The average molecular weight is 340 g/mol. The highest BCUT2D eigenvalue weighted by molar-refractivity contribution is 5.82. The molecule has 0 spiro atoms. The second-order valence-corrected chi connectivity index (χ2v) is 5.49. The first-order valence-electron chi connectivity index (χ1n) is 7.42. The number of alkyl halides is 3. The zero-order valence-corrected chi connectivity index (χ0v) is 12.5. The van der Waals surface area contributed by atoms with E-state index in [0.29, 0.717) is 6.20 Å². The van der Waals surface area contributed by atoms with Gasteiger partial charge in [-0.05, 0) is 24.6 Å². The molecule has 2 aromatic rings. The van der Waals surface area contributed by atoms with Crippen LogP contribution in [-0.2, 0) is 11.0 Å². The summed E-state index contributed by atoms with van der Waals surface area (Å²) < 4.78 is 47.7. The van der Waals surface area contributed by atoms with Crippen molar-refractivity contribution in [3.8, 4) is 5.88 Å². The fraction of sp³-hybridized carbons (Fsp3) is 0.375. The Hall–Kier alpha value is -2.51. The Kier molecular flexibility index (Phi) is 4.46. The van der Waals surface area contributed by atoms with Crippen LogP contribution in [0.15, 0.2) is 41.1 Å². The Morgan fingerprint density at radius 1 is 1.38 bits per heavy atom. The maximum Gasteiger partial charge on any atom is 0.417 e. The second kappa shape index (κ2) is 6.54. The van der Waals surface area contributed by atoms with Gasteiger partial charge in [0.1, 0.15) is 12.4 Å². The van der Waals surface area contributed by atoms with Gasteiger partial charge in [0, 0.05) is 24.1 Å². The third-order valence-corrected chi connectivity index (χ3v) is 3.75. The molecule has 1 fully saturated rings. The van der Waals surface area contributed by atoms with Crippen LogP contribution in [0.5, 0.6) is 5.88 Å². The van der Waals surface area contributed by atoms with Crippen LogP contribution < -0.4 is 10.1 Å². The van der Waals surface area contributed by atoms with Gasteiger partial charge in [0.2, 0.25) is 11.8 Å². The van der Waals surface area contributed by atoms with Gasteiger partial charge in [-0.15, -0.1) is 0 Å². The van der Waals surface area contributed by atoms with Crippen molar-refractivity contribution in [1.29, 1.82) is 0 Å². The predicted octanol–water partition coefficient (Wildman–Crippen LogP) is 2.99. The van der Waals surface area contributed by atoms with E-state index in [1.165, 1.54) is 0 Å². The molecule has 2 heterocycles. The number of furan rings is 1. The molecular weight excluding hydrogens is 325 g/mol. The van der Waals surface area contributed by atoms with Crippen molar-refractivity contribution >= 4 is 5.91 Å². The maximum absolute atomic E-state index is 12.4. The van der Waals surface area contributed by atoms with Crippen LogP contribution in [0.25, 0.3) is 0 Å². The van der Waals surface area contributed by atoms with Gasteiger partial charge in [0.15, 0.2) is 0 Å². The zero-order valence-electron chi connectivity index (χ0n) is 12.5. The monoisotopic (exact) mass is 340 g/mol. The van der Waals surface area contributed by atoms with Gasteiger partial charge in [0.05, 0.1) is 18.4 Å². The first-order chi connectivity index (χ1) is 11.4. The van der Waals surface area contributed by atoms with E-state index in [0.717, 1.165) is 24.3 Å². The fourth-order valence-corrected chi connectivity index (χ4v) is 2.40. The Morgan fingerprint density at radius 2 is 2.21 bits per heavy atom. The summed E-state index contributed by atoms with van der Waals surface area (Å²) >= 11 is 0. The van der Waals surface area contributed by atoms with E-state index in [1.54, 1.807) is 12.3 Å². The normalized spacial score (nSPS) is 19.8. The number of nitrogens with one attached hydrogen (secondary N) is 1. The molecule has 1 aliphatic rings. The number of carbonyl (C=O) groups excluding carboxylic acids is 1. The third kappa shape index (κ3) is 3.87. The minimum atomic E-state index is -4.42. The first-order valence-corrected chi connectivity index (χ1v) is 7.42. The minimum Gasteiger partial charge on any atom is -0.476 e. The largest absolute Gasteiger partial charge is 0.476 e. The van der Waals surface area contributed by atoms with E-state index >= 15 is 0 Å². The summed E-state index contributed by atoms with van der Waals surface area (Å²) in [5.74, 6) is 0.829. The number of ether oxygens (including phenoxy) is 1. The van der Waals surface area contributed by atoms with E-state index in [4.69, 9.17) is 9.15 Å². The Balaban J connectivity index is 1.37. The van der Waals surface area contributed by atoms with Crippen molar-refractivity contribution in [3.63, 3.8) is 0 Å². The summed E-state index contributed by atoms with van der Waals surface area (Å²) in [7, 11) is 0. The van der Waals surface area contributed by atoms with Crippen molar-refractivity contribution < 1.29 is 27.1 Å². The average Bonchev–Trinajstić information content (AvgIpc) is 3.16. The lowest BCUT2D eigenvalue weighted by Crippen LogP contribution is -2.29. The standard InChI is InChI=1S/C16H15F3N2O3/c17-16(18,19)10-3-4-14(21-9-10)24-7-5-20-15(22)12-8-11(12)13-2-1-6-23-13/h1-4,6,9,11-12H,5,7-8H2,(H,20,22)/t11-,12-/m1/s1. The molecule has 0 aromatic carbocycles. The van der Waals surface area contributed by atoms with E-state index < -0.39 is 11.7 Å². The van der Waals surface area contributed by atoms with Crippen LogP contribution in [0.3, 0.4) is 0 Å². The molecule has 1 aliphatic carbocycles. The highest BCUT2D eigenvalue weighted by Gasteiger charge is 2.45. The second-order valence-electron chi connectivity index (χ2n) is 5.49. The highest BCUT2D eigenvalue weighted by atomic mass is 19.4. The quantitative estimate of drug-likeness (QED) is 0.821. The molecule has 0 radical (unpaired) electrons. The molecule has 1 N–H and O–H groups in total. The molecule has 2 aromatic heterocycles. The summed E-state index contributed by atoms with van der Waals surface area (Å²) in [5.41, 5.74) is -0.833. The lowest BCUT2D eigenvalue weighted by molar-refractivity contribution is -0.137. The van der Waals surface area contributed by atoms with Crippen molar-refractivity contribution in [2.75, 3.05) is 13.2 Å². The number of hydrogen-bond acceptors (Lipinski definition) is 4. The number of nitrogens with zero attached hydrogens (tertiary/aromatic N) is 1. The predicted molar refractivity (Wildman–Crippen MR) is 77.3 cm³/mol. The molecule has 2 atom stereocenters. The van der Waals surface area contributed by atoms with E-state index in [-0.39, 0.29) is 36.8 Å². The van der Waals surface area contributed by atoms with Crippen LogP contribution in [0, 0.1) is 5.92 Å². The van der Waals surface area contributed by atoms with Crippen LogP contribution >= 0.6 is 0 Å². The van der Waals surface area contributed by atoms with Crippen LogP contribution in [0.1, 0.15) is 23.7 Å². The van der Waals surface area contributed by atoms with Crippen LogP contribution in [-0.4, -0.2) is 24.0 Å². The molecule has 5 nitrogen and oxygen atoms in total. The molecule has 128 valence electrons. The van der Waals surface area contributed by atoms with E-state index in [9.17, 15) is 18.0 Å². The van der Waals surface area contributed by atoms with Crippen molar-refractivity contribution in [3.05, 3.63) is 48.0 Å². The summed E-state index contributed by atoms with van der Waals surface area (Å²) in [6.45, 7) is 0.380. The molecule has 3 rings (SSSR count). The van der Waals surface area contributed by atoms with Gasteiger partial charge < -0.3 is 14.5 Å². The van der Waals surface area contributed by atoms with Gasteiger partial charge in [-0.1, -0.05) is 0 Å². The number of aromatic nitrogens is 1. The third-order valence-electron chi connectivity index (χ3n) is 3.75. The topological polar surface area (TPSA) is 64.4 Å². The molecule has 0 saturated heterocycles. The number of carbonyl (C=O) groups is 1. The van der Waals surface area contributed by atoms with E-state index in [1.807, 2.05) is 6.07 Å². The van der Waals surface area contributed by atoms with Gasteiger partial charge in [-0.3, -0.25) is 4.79 Å². The minimum absolute atomic E-state index is 0.0807. The Labute approximate surface area is 135 Å². The van der Waals surface area contributed by atoms with Gasteiger partial charge in [-0.2, -0.15) is 13.2 Å². The van der Waals surface area contributed by atoms with Crippen molar-refractivity contribution in [1.82, 2.24) is 10.3 Å². The SMILES string of the molecule is O=C(NCCOc1ccc(C(F)(F)F)cn1)[C@@H]1C[C@H]1c1ccco1. The molecule has 0 unspecified atom stereocenters. The Morgan fingerprint density at radius 3 is 2.83 bits per heavy atom. The van der Waals surface area contributed by atoms with Gasteiger partial charge >= 0.3 is 6.18 Å². The van der Waals surface area contributed by atoms with Crippen LogP contribution in [0.4, 0.5) is 13.2 Å². The summed E-state index contributed by atoms with van der Waals surface area (Å²) in [6.07, 6.45) is -1.38. The van der Waals surface area contributed by atoms with Gasteiger partial charge in [0.25, 0.3) is 0 Å². The summed E-state index contributed by atoms with van der Waals surface area (Å²) in [6, 6.07) is 5.68. The molecule has 0 aliphatic heterocycles. The maximum atomic E-state index is 12.4. The Bertz CT molecular complexity index is 684. The zero-order chi connectivity index (χ0) is 17.2. The number of hydrogen-bond donors (Lipinski definition) is 1. The number of amides is 1. The molecule has 24 heavy (non-hydrogen) atoms. The smallest absolute Gasteiger partial charge is 0.417 e. The van der Waals surface area contributed by atoms with Crippen molar-refractivity contribution in [2.45, 2.75) is 18.5 Å². The van der Waals surface area contributed by atoms with Crippen molar-refractivity contribution in [2.24, 2.45) is 5.92 Å². The molecular formula is C16H15F3N2O3. The lowest BCUT2D eigenvalue weighted by atomic mass is 10.2. The molecule has 1 amide bonds. The molecule has 1 saturated carbocycles. The van der Waals surface area contributed by atoms with Crippen LogP contribution in [0.2, 0.25) is 0 Å². The summed E-state index contributed by atoms with van der Waals surface area (Å²) in [5, 5.41) is 2.73. The number of rotatable bonds is 6. The molecule has 8 heteroatoms. The number of pyridine rings is 1. The van der Waals surface area contributed by atoms with Gasteiger partial charge in [-0.25, -0.2) is 4.98 Å². The first kappa shape index (κ1) is 16.4. The van der Waals surface area contributed by atoms with E-state index in [2.05, 4.69) is 10.3 Å². The molecule has 0 bridgehead atoms. The highest BCUT2D eigenvalue weighted by Crippen LogP contribution is 2.47. The lowest BCUT2D eigenvalue weighted by Gasteiger charge is -2.09. The number of halogens is 3.